The van der Waals surface area contributed by atoms with E-state index in [4.69, 9.17) is 17.2 Å². The number of ketones is 1. The molecule has 0 aromatic carbocycles. The summed E-state index contributed by atoms with van der Waals surface area (Å²) in [6, 6.07) is 0. The van der Waals surface area contributed by atoms with Gasteiger partial charge in [-0.3, -0.25) is 9.79 Å². The molecule has 0 aromatic rings. The van der Waals surface area contributed by atoms with E-state index in [1.54, 1.807) is 11.6 Å². The molecule has 1 spiro atoms. The fourth-order valence-electron chi connectivity index (χ4n) is 7.15. The van der Waals surface area contributed by atoms with E-state index in [0.29, 0.717) is 11.6 Å². The summed E-state index contributed by atoms with van der Waals surface area (Å²) in [4.78, 5) is 24.8. The molecule has 0 N–H and O–H groups in total. The van der Waals surface area contributed by atoms with Gasteiger partial charge in [0.05, 0.1) is 16.6 Å². The number of hydrogen-bond donors (Lipinski definition) is 0. The third-order valence-electron chi connectivity index (χ3n) is 8.38. The number of carbonyl (C=O) groups is 1. The first-order valence-corrected chi connectivity index (χ1v) is 11.8. The Balaban J connectivity index is 1.55. The first-order valence-electron chi connectivity index (χ1n) is 11.4. The van der Waals surface area contributed by atoms with Crippen LogP contribution in [0.2, 0.25) is 0 Å². The number of carbonyl (C=O) groups excluding carboxylic acids is 1. The predicted octanol–water partition coefficient (Wildman–Crippen LogP) is 5.34. The zero-order chi connectivity index (χ0) is 19.6. The van der Waals surface area contributed by atoms with Gasteiger partial charge in [-0.2, -0.15) is 4.99 Å². The maximum atomic E-state index is 12.7. The Kier molecular flexibility index (Phi) is 4.08. The van der Waals surface area contributed by atoms with Crippen molar-refractivity contribution in [2.75, 3.05) is 0 Å². The van der Waals surface area contributed by atoms with Gasteiger partial charge in [0, 0.05) is 11.6 Å². The smallest absolute Gasteiger partial charge is 0.207 e. The Labute approximate surface area is 177 Å². The second kappa shape index (κ2) is 6.58. The lowest BCUT2D eigenvalue weighted by atomic mass is 9.64. The minimum atomic E-state index is -0.208. The summed E-state index contributed by atoms with van der Waals surface area (Å²) in [5, 5.41) is 2.46. The molecule has 4 unspecified atom stereocenters. The second-order valence-electron chi connectivity index (χ2n) is 9.72. The Bertz CT molecular complexity index is 967. The highest BCUT2D eigenvalue weighted by molar-refractivity contribution is 7.78. The Hall–Kier alpha value is -1.84. The van der Waals surface area contributed by atoms with Gasteiger partial charge in [-0.1, -0.05) is 19.3 Å². The third-order valence-corrected chi connectivity index (χ3v) is 8.47. The van der Waals surface area contributed by atoms with Crippen LogP contribution in [-0.4, -0.2) is 27.2 Å². The highest BCUT2D eigenvalue weighted by Gasteiger charge is 2.57. The molecule has 0 radical (unpaired) electrons. The molecule has 4 nitrogen and oxygen atoms in total. The molecule has 4 atom stereocenters. The summed E-state index contributed by atoms with van der Waals surface area (Å²) in [7, 11) is 0. The fourth-order valence-corrected chi connectivity index (χ4v) is 7.24. The Morgan fingerprint density at radius 1 is 1.07 bits per heavy atom. The van der Waals surface area contributed by atoms with E-state index in [1.807, 2.05) is 6.08 Å². The molecule has 150 valence electrons. The van der Waals surface area contributed by atoms with Crippen LogP contribution in [0.4, 0.5) is 0 Å². The number of hydrogen-bond acceptors (Lipinski definition) is 5. The van der Waals surface area contributed by atoms with Gasteiger partial charge in [0.15, 0.2) is 0 Å². The van der Waals surface area contributed by atoms with Crippen LogP contribution in [0.15, 0.2) is 44.8 Å². The standard InChI is InChI=1S/C24H27N3OS/c28-21-9-8-19-23(22(21)25-14-29)27-20-13-16-6-2-1-5-15(16)11-17(20)12-18-7-3-4-10-24(18,27)26-19/h8-9,15-16,18H,1-7,10-13H2. The van der Waals surface area contributed by atoms with Gasteiger partial charge < -0.3 is 4.90 Å². The van der Waals surface area contributed by atoms with Crippen LogP contribution in [0.1, 0.15) is 70.6 Å². The van der Waals surface area contributed by atoms with E-state index in [1.165, 1.54) is 63.5 Å². The largest absolute Gasteiger partial charge is 0.316 e. The average Bonchev–Trinajstić information content (AvgIpc) is 3.07. The van der Waals surface area contributed by atoms with Crippen LogP contribution in [0, 0.1) is 17.8 Å². The van der Waals surface area contributed by atoms with Gasteiger partial charge in [-0.15, -0.1) is 0 Å². The molecule has 29 heavy (non-hydrogen) atoms. The van der Waals surface area contributed by atoms with Gasteiger partial charge in [0.25, 0.3) is 0 Å². The zero-order valence-electron chi connectivity index (χ0n) is 16.8. The number of isothiocyanates is 1. The maximum Gasteiger partial charge on any atom is 0.207 e. The van der Waals surface area contributed by atoms with Gasteiger partial charge in [0.1, 0.15) is 11.4 Å². The van der Waals surface area contributed by atoms with E-state index in [-0.39, 0.29) is 11.4 Å². The molecule has 6 aliphatic rings. The highest BCUT2D eigenvalue weighted by Crippen LogP contribution is 2.58. The predicted molar refractivity (Wildman–Crippen MR) is 116 cm³/mol. The maximum absolute atomic E-state index is 12.7. The highest BCUT2D eigenvalue weighted by atomic mass is 32.1. The fraction of sp³-hybridized carbons (Fsp3) is 0.625. The number of thiocarbonyl (C=S) groups is 1. The summed E-state index contributed by atoms with van der Waals surface area (Å²) >= 11 is 4.90. The van der Waals surface area contributed by atoms with E-state index < -0.39 is 0 Å². The van der Waals surface area contributed by atoms with Gasteiger partial charge in [-0.05, 0) is 93.1 Å². The summed E-state index contributed by atoms with van der Waals surface area (Å²) in [5.74, 6) is 2.13. The number of allylic oxidation sites excluding steroid dienone is 4. The number of nitrogens with zero attached hydrogens (tertiary/aromatic N) is 3. The Morgan fingerprint density at radius 2 is 1.86 bits per heavy atom. The van der Waals surface area contributed by atoms with Crippen molar-refractivity contribution in [1.29, 1.82) is 0 Å². The molecule has 5 heteroatoms. The van der Waals surface area contributed by atoms with E-state index >= 15 is 0 Å². The molecule has 6 rings (SSSR count). The lowest BCUT2D eigenvalue weighted by molar-refractivity contribution is -0.111. The lowest BCUT2D eigenvalue weighted by Gasteiger charge is -2.54. The topological polar surface area (TPSA) is 45.0 Å². The van der Waals surface area contributed by atoms with Crippen LogP contribution in [0.3, 0.4) is 0 Å². The Morgan fingerprint density at radius 3 is 2.69 bits per heavy atom. The summed E-state index contributed by atoms with van der Waals surface area (Å²) < 4.78 is 0. The minimum Gasteiger partial charge on any atom is -0.316 e. The van der Waals surface area contributed by atoms with Crippen molar-refractivity contribution >= 4 is 28.9 Å². The van der Waals surface area contributed by atoms with Crippen LogP contribution >= 0.6 is 12.2 Å². The van der Waals surface area contributed by atoms with Crippen molar-refractivity contribution in [3.8, 4) is 0 Å². The number of fused-ring (bicyclic) bond motifs is 4. The van der Waals surface area contributed by atoms with Crippen LogP contribution in [0.5, 0.6) is 0 Å². The second-order valence-corrected chi connectivity index (χ2v) is 9.90. The van der Waals surface area contributed by atoms with Gasteiger partial charge in [0.2, 0.25) is 5.78 Å². The monoisotopic (exact) mass is 405 g/mol. The molecule has 0 bridgehead atoms. The van der Waals surface area contributed by atoms with Crippen molar-refractivity contribution in [2.45, 2.75) is 76.3 Å². The molecule has 0 aromatic heterocycles. The molecule has 4 aliphatic carbocycles. The van der Waals surface area contributed by atoms with Crippen LogP contribution in [-0.2, 0) is 4.79 Å². The molecule has 2 saturated carbocycles. The normalized spacial score (nSPS) is 37.8. The quantitative estimate of drug-likeness (QED) is 0.336. The van der Waals surface area contributed by atoms with E-state index in [9.17, 15) is 4.79 Å². The molecular formula is C24H27N3OS. The third kappa shape index (κ3) is 2.50. The zero-order valence-corrected chi connectivity index (χ0v) is 17.6. The number of rotatable bonds is 1. The molecule has 0 amide bonds. The molecule has 0 saturated heterocycles. The minimum absolute atomic E-state index is 0.0696. The molecule has 2 heterocycles. The van der Waals surface area contributed by atoms with Crippen LogP contribution < -0.4 is 0 Å². The van der Waals surface area contributed by atoms with Gasteiger partial charge in [-0.25, -0.2) is 0 Å². The molecule has 2 aliphatic heterocycles. The summed E-state index contributed by atoms with van der Waals surface area (Å²) in [5.41, 5.74) is 5.21. The summed E-state index contributed by atoms with van der Waals surface area (Å²) in [6.07, 6.45) is 17.4. The van der Waals surface area contributed by atoms with Crippen molar-refractivity contribution in [2.24, 2.45) is 27.7 Å². The average molecular weight is 406 g/mol. The number of aliphatic imine (C=N–C) groups is 2. The van der Waals surface area contributed by atoms with E-state index in [2.05, 4.69) is 15.1 Å². The van der Waals surface area contributed by atoms with Crippen LogP contribution in [0.25, 0.3) is 0 Å². The van der Waals surface area contributed by atoms with Crippen molar-refractivity contribution < 1.29 is 4.79 Å². The lowest BCUT2D eigenvalue weighted by Crippen LogP contribution is -2.54. The van der Waals surface area contributed by atoms with Gasteiger partial charge >= 0.3 is 0 Å². The van der Waals surface area contributed by atoms with E-state index in [0.717, 1.165) is 36.1 Å². The van der Waals surface area contributed by atoms with Crippen molar-refractivity contribution in [1.82, 2.24) is 4.90 Å². The first-order chi connectivity index (χ1) is 14.2. The first kappa shape index (κ1) is 18.0. The summed E-state index contributed by atoms with van der Waals surface area (Å²) in [6.45, 7) is 0. The SMILES string of the molecule is O=C1C=CC2=NC34CCCCC3CC3=C(CC5CCCCC5C3)N4C2=C1N=C=S. The molecular weight excluding hydrogens is 378 g/mol. The van der Waals surface area contributed by atoms with Crippen molar-refractivity contribution in [3.63, 3.8) is 0 Å². The van der Waals surface area contributed by atoms with Crippen molar-refractivity contribution in [3.05, 3.63) is 34.8 Å². The molecule has 2 fully saturated rings.